The van der Waals surface area contributed by atoms with Crippen LogP contribution in [-0.2, 0) is 0 Å². The molecular weight excluding hydrogens is 232 g/mol. The second-order valence-corrected chi connectivity index (χ2v) is 3.84. The van der Waals surface area contributed by atoms with E-state index in [9.17, 15) is 4.79 Å². The number of para-hydroxylation sites is 1. The first-order chi connectivity index (χ1) is 8.75. The van der Waals surface area contributed by atoms with Gasteiger partial charge in [-0.25, -0.2) is 4.98 Å². The Labute approximate surface area is 102 Å². The van der Waals surface area contributed by atoms with Gasteiger partial charge < -0.3 is 9.73 Å². The maximum Gasteiger partial charge on any atom is 0.294 e. The minimum atomic E-state index is -0.359. The lowest BCUT2D eigenvalue weighted by atomic mass is 10.2. The number of H-pyrrole nitrogens is 1. The highest BCUT2D eigenvalue weighted by atomic mass is 16.3. The molecule has 2 aromatic heterocycles. The molecule has 0 bridgehead atoms. The van der Waals surface area contributed by atoms with E-state index in [2.05, 4.69) is 20.5 Å². The summed E-state index contributed by atoms with van der Waals surface area (Å²) in [7, 11) is 0. The van der Waals surface area contributed by atoms with Crippen molar-refractivity contribution in [3.63, 3.8) is 0 Å². The Balaban J connectivity index is 1.93. The lowest BCUT2D eigenvalue weighted by molar-refractivity contribution is 0.0995. The van der Waals surface area contributed by atoms with E-state index < -0.39 is 0 Å². The summed E-state index contributed by atoms with van der Waals surface area (Å²) in [5.41, 5.74) is 1.41. The van der Waals surface area contributed by atoms with Crippen molar-refractivity contribution in [2.24, 2.45) is 0 Å². The third-order valence-corrected chi connectivity index (χ3v) is 2.65. The Morgan fingerprint density at radius 2 is 2.22 bits per heavy atom. The molecule has 0 spiro atoms. The van der Waals surface area contributed by atoms with Gasteiger partial charge in [-0.1, -0.05) is 12.1 Å². The Kier molecular flexibility index (Phi) is 2.33. The lowest BCUT2D eigenvalue weighted by Crippen LogP contribution is -2.12. The van der Waals surface area contributed by atoms with Crippen LogP contribution in [0.2, 0.25) is 0 Å². The van der Waals surface area contributed by atoms with Gasteiger partial charge in [0.15, 0.2) is 12.2 Å². The molecule has 6 heteroatoms. The topological polar surface area (TPSA) is 83.8 Å². The monoisotopic (exact) mass is 242 g/mol. The maximum absolute atomic E-state index is 11.9. The van der Waals surface area contributed by atoms with Gasteiger partial charge in [0, 0.05) is 5.39 Å². The molecule has 0 radical (unpaired) electrons. The number of carbonyl (C=O) groups excluding carboxylic acids is 1. The molecule has 2 heterocycles. The van der Waals surface area contributed by atoms with Crippen LogP contribution in [0.25, 0.3) is 10.9 Å². The average molecular weight is 242 g/mol. The molecule has 0 aliphatic rings. The fourth-order valence-corrected chi connectivity index (χ4v) is 1.74. The van der Waals surface area contributed by atoms with Crippen LogP contribution >= 0.6 is 0 Å². The van der Waals surface area contributed by atoms with Gasteiger partial charge in [-0.3, -0.25) is 9.89 Å². The van der Waals surface area contributed by atoms with E-state index in [0.717, 1.165) is 10.9 Å². The predicted octanol–water partition coefficient (Wildman–Crippen LogP) is 2.11. The Morgan fingerprint density at radius 3 is 3.00 bits per heavy atom. The van der Waals surface area contributed by atoms with E-state index >= 15 is 0 Å². The molecule has 0 saturated carbocycles. The quantitative estimate of drug-likeness (QED) is 0.720. The molecule has 0 saturated heterocycles. The first-order valence-corrected chi connectivity index (χ1v) is 5.40. The number of oxazole rings is 1. The molecular formula is C12H10N4O2. The second kappa shape index (κ2) is 3.99. The van der Waals surface area contributed by atoms with E-state index in [-0.39, 0.29) is 11.7 Å². The van der Waals surface area contributed by atoms with Gasteiger partial charge in [-0.2, -0.15) is 5.10 Å². The van der Waals surface area contributed by atoms with Crippen molar-refractivity contribution < 1.29 is 9.21 Å². The first-order valence-electron chi connectivity index (χ1n) is 5.40. The Morgan fingerprint density at radius 1 is 1.39 bits per heavy atom. The van der Waals surface area contributed by atoms with Crippen molar-refractivity contribution in [2.45, 2.75) is 6.92 Å². The largest absolute Gasteiger partial charge is 0.438 e. The van der Waals surface area contributed by atoms with Crippen LogP contribution in [0.3, 0.4) is 0 Å². The highest BCUT2D eigenvalue weighted by molar-refractivity contribution is 6.06. The highest BCUT2D eigenvalue weighted by Crippen LogP contribution is 2.20. The van der Waals surface area contributed by atoms with Crippen LogP contribution < -0.4 is 5.32 Å². The van der Waals surface area contributed by atoms with Crippen LogP contribution in [0.1, 0.15) is 16.2 Å². The van der Waals surface area contributed by atoms with Crippen LogP contribution in [0.15, 0.2) is 35.1 Å². The van der Waals surface area contributed by atoms with Gasteiger partial charge in [-0.05, 0) is 19.1 Å². The van der Waals surface area contributed by atoms with E-state index in [1.807, 2.05) is 24.3 Å². The number of aryl methyl sites for hydroxylation is 1. The van der Waals surface area contributed by atoms with Crippen molar-refractivity contribution >= 4 is 22.6 Å². The number of hydrogen-bond donors (Lipinski definition) is 2. The standard InChI is InChI=1S/C12H10N4O2/c1-7-10(18-6-13-7)12(17)14-11-8-4-2-3-5-9(8)15-16-11/h2-6H,1H3,(H2,14,15,16,17). The van der Waals surface area contributed by atoms with Gasteiger partial charge >= 0.3 is 0 Å². The number of benzene rings is 1. The number of rotatable bonds is 2. The predicted molar refractivity (Wildman–Crippen MR) is 65.3 cm³/mol. The summed E-state index contributed by atoms with van der Waals surface area (Å²) in [5, 5.41) is 10.4. The molecule has 2 N–H and O–H groups in total. The number of aromatic nitrogens is 3. The highest BCUT2D eigenvalue weighted by Gasteiger charge is 2.16. The normalized spacial score (nSPS) is 10.7. The lowest BCUT2D eigenvalue weighted by Gasteiger charge is -1.99. The van der Waals surface area contributed by atoms with E-state index in [1.165, 1.54) is 6.39 Å². The van der Waals surface area contributed by atoms with Gasteiger partial charge in [-0.15, -0.1) is 0 Å². The van der Waals surface area contributed by atoms with Crippen molar-refractivity contribution in [1.29, 1.82) is 0 Å². The molecule has 90 valence electrons. The Hall–Kier alpha value is -2.63. The van der Waals surface area contributed by atoms with Crippen molar-refractivity contribution in [3.05, 3.63) is 42.1 Å². The summed E-state index contributed by atoms with van der Waals surface area (Å²) in [4.78, 5) is 15.8. The zero-order chi connectivity index (χ0) is 12.5. The summed E-state index contributed by atoms with van der Waals surface area (Å²) in [6.07, 6.45) is 1.24. The fraction of sp³-hybridized carbons (Fsp3) is 0.0833. The van der Waals surface area contributed by atoms with Crippen LogP contribution in [-0.4, -0.2) is 21.1 Å². The molecule has 6 nitrogen and oxygen atoms in total. The number of nitrogens with zero attached hydrogens (tertiary/aromatic N) is 2. The van der Waals surface area contributed by atoms with E-state index in [0.29, 0.717) is 11.5 Å². The summed E-state index contributed by atoms with van der Waals surface area (Å²) >= 11 is 0. The van der Waals surface area contributed by atoms with Crippen LogP contribution in [0.4, 0.5) is 5.82 Å². The van der Waals surface area contributed by atoms with Gasteiger partial charge in [0.1, 0.15) is 0 Å². The van der Waals surface area contributed by atoms with E-state index in [4.69, 9.17) is 4.42 Å². The van der Waals surface area contributed by atoms with Gasteiger partial charge in [0.2, 0.25) is 5.76 Å². The molecule has 0 unspecified atom stereocenters. The minimum absolute atomic E-state index is 0.196. The molecule has 0 aliphatic carbocycles. The molecule has 3 rings (SSSR count). The summed E-state index contributed by atoms with van der Waals surface area (Å²) < 4.78 is 5.03. The van der Waals surface area contributed by atoms with Crippen LogP contribution in [0.5, 0.6) is 0 Å². The smallest absolute Gasteiger partial charge is 0.294 e. The molecule has 0 atom stereocenters. The van der Waals surface area contributed by atoms with Crippen LogP contribution in [0, 0.1) is 6.92 Å². The zero-order valence-electron chi connectivity index (χ0n) is 9.60. The van der Waals surface area contributed by atoms with Gasteiger partial charge in [0.25, 0.3) is 5.91 Å². The van der Waals surface area contributed by atoms with Crippen molar-refractivity contribution in [1.82, 2.24) is 15.2 Å². The summed E-state index contributed by atoms with van der Waals surface area (Å²) in [6, 6.07) is 7.54. The fourth-order valence-electron chi connectivity index (χ4n) is 1.74. The molecule has 1 amide bonds. The Bertz CT molecular complexity index is 714. The van der Waals surface area contributed by atoms with Crippen molar-refractivity contribution in [3.8, 4) is 0 Å². The first kappa shape index (κ1) is 10.5. The number of nitrogens with one attached hydrogen (secondary N) is 2. The third-order valence-electron chi connectivity index (χ3n) is 2.65. The number of amides is 1. The molecule has 18 heavy (non-hydrogen) atoms. The average Bonchev–Trinajstić information content (AvgIpc) is 2.97. The number of hydrogen-bond acceptors (Lipinski definition) is 4. The molecule has 3 aromatic rings. The van der Waals surface area contributed by atoms with Gasteiger partial charge in [0.05, 0.1) is 11.2 Å². The molecule has 0 fully saturated rings. The second-order valence-electron chi connectivity index (χ2n) is 3.84. The minimum Gasteiger partial charge on any atom is -0.438 e. The number of carbonyl (C=O) groups is 1. The number of fused-ring (bicyclic) bond motifs is 1. The number of anilines is 1. The third kappa shape index (κ3) is 1.64. The zero-order valence-corrected chi connectivity index (χ0v) is 9.60. The van der Waals surface area contributed by atoms with E-state index in [1.54, 1.807) is 6.92 Å². The maximum atomic E-state index is 11.9. The number of aromatic amines is 1. The summed E-state index contributed by atoms with van der Waals surface area (Å²) in [5.74, 6) is 0.315. The summed E-state index contributed by atoms with van der Waals surface area (Å²) in [6.45, 7) is 1.71. The SMILES string of the molecule is Cc1ncoc1C(=O)Nc1n[nH]c2ccccc12. The van der Waals surface area contributed by atoms with Crippen molar-refractivity contribution in [2.75, 3.05) is 5.32 Å². The molecule has 1 aromatic carbocycles. The molecule has 0 aliphatic heterocycles.